The average molecular weight is 725 g/mol. The van der Waals surface area contributed by atoms with E-state index in [0.717, 1.165) is 22.3 Å². The fourth-order valence-electron chi connectivity index (χ4n) is 5.51. The van der Waals surface area contributed by atoms with Crippen molar-refractivity contribution in [2.75, 3.05) is 26.2 Å². The van der Waals surface area contributed by atoms with Crippen molar-refractivity contribution in [3.8, 4) is 11.1 Å². The number of carbonyl (C=O) groups is 7. The molecule has 2 aromatic carbocycles. The number of carboxylic acid groups (broad SMARTS) is 2. The van der Waals surface area contributed by atoms with Crippen LogP contribution in [0.3, 0.4) is 0 Å². The zero-order valence-corrected chi connectivity index (χ0v) is 28.7. The summed E-state index contributed by atoms with van der Waals surface area (Å²) in [6, 6.07) is 11.4. The number of nitrogens with one attached hydrogen (secondary N) is 5. The van der Waals surface area contributed by atoms with Crippen LogP contribution in [0.4, 0.5) is 4.79 Å². The molecule has 0 saturated carbocycles. The highest BCUT2D eigenvalue weighted by Gasteiger charge is 2.31. The van der Waals surface area contributed by atoms with Gasteiger partial charge >= 0.3 is 18.0 Å². The van der Waals surface area contributed by atoms with Crippen molar-refractivity contribution in [1.82, 2.24) is 26.6 Å². The number of nitrogens with two attached hydrogens (primary N) is 2. The molecule has 3 rings (SSSR count). The fraction of sp³-hybridized carbons (Fsp3) is 0.412. The molecule has 3 atom stereocenters. The van der Waals surface area contributed by atoms with Crippen LogP contribution in [-0.2, 0) is 33.5 Å². The van der Waals surface area contributed by atoms with Crippen LogP contribution >= 0.6 is 0 Å². The van der Waals surface area contributed by atoms with Gasteiger partial charge in [-0.2, -0.15) is 0 Å². The Morgan fingerprint density at radius 1 is 0.788 bits per heavy atom. The molecule has 11 N–H and O–H groups in total. The molecule has 5 amide bonds. The second kappa shape index (κ2) is 19.3. The second-order valence-corrected chi connectivity index (χ2v) is 12.3. The quantitative estimate of drug-likeness (QED) is 0.0497. The van der Waals surface area contributed by atoms with E-state index in [1.807, 2.05) is 48.5 Å². The minimum atomic E-state index is -1.65. The zero-order chi connectivity index (χ0) is 38.4. The third-order valence-electron chi connectivity index (χ3n) is 8.02. The molecule has 280 valence electrons. The number of nitrogens with zero attached hydrogens (tertiary/aromatic N) is 1. The van der Waals surface area contributed by atoms with Gasteiger partial charge in [0.15, 0.2) is 5.96 Å². The van der Waals surface area contributed by atoms with E-state index in [1.54, 1.807) is 0 Å². The smallest absolute Gasteiger partial charge is 0.407 e. The summed E-state index contributed by atoms with van der Waals surface area (Å²) in [7, 11) is 0. The van der Waals surface area contributed by atoms with Crippen molar-refractivity contribution in [2.45, 2.75) is 57.2 Å². The van der Waals surface area contributed by atoms with Crippen molar-refractivity contribution < 1.29 is 48.5 Å². The monoisotopic (exact) mass is 724 g/mol. The molecular weight excluding hydrogens is 680 g/mol. The molecule has 2 aromatic rings. The number of carbonyl (C=O) groups excluding carboxylic acids is 5. The van der Waals surface area contributed by atoms with Crippen LogP contribution in [0.5, 0.6) is 0 Å². The highest BCUT2D eigenvalue weighted by molar-refractivity contribution is 5.95. The molecule has 0 aliphatic heterocycles. The minimum absolute atomic E-state index is 0.0107. The van der Waals surface area contributed by atoms with Crippen LogP contribution in [-0.4, -0.2) is 102 Å². The number of carboxylic acids is 2. The Balaban J connectivity index is 1.55. The summed E-state index contributed by atoms with van der Waals surface area (Å²) in [6.07, 6.45) is -1.48. The van der Waals surface area contributed by atoms with Gasteiger partial charge in [-0.25, -0.2) is 9.59 Å². The van der Waals surface area contributed by atoms with Gasteiger partial charge in [-0.15, -0.1) is 0 Å². The number of fused-ring (bicyclic) bond motifs is 3. The van der Waals surface area contributed by atoms with Gasteiger partial charge in [0.05, 0.1) is 13.0 Å². The number of aliphatic imine (C=N–C) groups is 1. The first kappa shape index (κ1) is 40.2. The van der Waals surface area contributed by atoms with Gasteiger partial charge in [-0.1, -0.05) is 62.4 Å². The SMILES string of the molecule is CC(C)[C@H](NC(=O)[C@H](CC(=O)O)NC(=O)CNC(=O)[C@H](CCCN=C(N)N)NC(=O)CNC(=O)OCC1c2ccccc2-c2ccccc21)C(=O)O. The van der Waals surface area contributed by atoms with Gasteiger partial charge in [0.1, 0.15) is 31.3 Å². The Morgan fingerprint density at radius 2 is 1.35 bits per heavy atom. The average Bonchev–Trinajstić information content (AvgIpc) is 3.41. The molecular formula is C34H44N8O10. The number of alkyl carbamates (subject to hydrolysis) is 1. The van der Waals surface area contributed by atoms with Crippen LogP contribution in [0.2, 0.25) is 0 Å². The van der Waals surface area contributed by atoms with Gasteiger partial charge in [-0.3, -0.25) is 29.0 Å². The van der Waals surface area contributed by atoms with Crippen LogP contribution in [0.1, 0.15) is 50.2 Å². The van der Waals surface area contributed by atoms with Crippen molar-refractivity contribution in [3.05, 3.63) is 59.7 Å². The third kappa shape index (κ3) is 12.0. The lowest BCUT2D eigenvalue weighted by atomic mass is 9.98. The summed E-state index contributed by atoms with van der Waals surface area (Å²) < 4.78 is 5.44. The van der Waals surface area contributed by atoms with Gasteiger partial charge in [0.2, 0.25) is 23.6 Å². The predicted molar refractivity (Wildman–Crippen MR) is 187 cm³/mol. The Bertz CT molecular complexity index is 1630. The normalized spacial score (nSPS) is 13.3. The number of hydrogen-bond acceptors (Lipinski definition) is 9. The van der Waals surface area contributed by atoms with Crippen LogP contribution in [0, 0.1) is 5.92 Å². The van der Waals surface area contributed by atoms with Gasteiger partial charge in [-0.05, 0) is 41.0 Å². The maximum absolute atomic E-state index is 13.1. The van der Waals surface area contributed by atoms with E-state index < -0.39 is 85.2 Å². The molecule has 18 nitrogen and oxygen atoms in total. The summed E-state index contributed by atoms with van der Waals surface area (Å²) >= 11 is 0. The van der Waals surface area contributed by atoms with Crippen molar-refractivity contribution in [1.29, 1.82) is 0 Å². The lowest BCUT2D eigenvalue weighted by Crippen LogP contribution is -2.55. The minimum Gasteiger partial charge on any atom is -0.481 e. The number of amides is 5. The zero-order valence-electron chi connectivity index (χ0n) is 28.7. The molecule has 0 bridgehead atoms. The molecule has 0 radical (unpaired) electrons. The largest absolute Gasteiger partial charge is 0.481 e. The lowest BCUT2D eigenvalue weighted by Gasteiger charge is -2.23. The second-order valence-electron chi connectivity index (χ2n) is 12.3. The lowest BCUT2D eigenvalue weighted by molar-refractivity contribution is -0.144. The van der Waals surface area contributed by atoms with E-state index in [2.05, 4.69) is 31.6 Å². The molecule has 18 heteroatoms. The molecule has 0 spiro atoms. The number of benzene rings is 2. The van der Waals surface area contributed by atoms with Crippen LogP contribution < -0.4 is 38.1 Å². The van der Waals surface area contributed by atoms with E-state index in [4.69, 9.17) is 16.2 Å². The van der Waals surface area contributed by atoms with E-state index >= 15 is 0 Å². The first-order valence-corrected chi connectivity index (χ1v) is 16.4. The summed E-state index contributed by atoms with van der Waals surface area (Å²) in [6.45, 7) is 1.92. The molecule has 1 aliphatic rings. The van der Waals surface area contributed by atoms with Crippen LogP contribution in [0.15, 0.2) is 53.5 Å². The van der Waals surface area contributed by atoms with E-state index in [9.17, 15) is 43.8 Å². The van der Waals surface area contributed by atoms with Gasteiger partial charge < -0.3 is 53.0 Å². The summed E-state index contributed by atoms with van der Waals surface area (Å²) in [4.78, 5) is 90.3. The third-order valence-corrected chi connectivity index (χ3v) is 8.02. The predicted octanol–water partition coefficient (Wildman–Crippen LogP) is -0.635. The van der Waals surface area contributed by atoms with Gasteiger partial charge in [0.25, 0.3) is 0 Å². The molecule has 0 saturated heterocycles. The molecule has 0 aromatic heterocycles. The maximum atomic E-state index is 13.1. The Kier molecular flexibility index (Phi) is 14.9. The molecule has 0 fully saturated rings. The van der Waals surface area contributed by atoms with Crippen molar-refractivity contribution in [2.24, 2.45) is 22.4 Å². The van der Waals surface area contributed by atoms with E-state index in [0.29, 0.717) is 0 Å². The molecule has 1 aliphatic carbocycles. The summed E-state index contributed by atoms with van der Waals surface area (Å²) in [5, 5.41) is 30.1. The van der Waals surface area contributed by atoms with Crippen LogP contribution in [0.25, 0.3) is 11.1 Å². The molecule has 0 unspecified atom stereocenters. The summed E-state index contributed by atoms with van der Waals surface area (Å²) in [5.41, 5.74) is 14.8. The fourth-order valence-corrected chi connectivity index (χ4v) is 5.51. The summed E-state index contributed by atoms with van der Waals surface area (Å²) in [5.74, 6) is -7.31. The number of rotatable bonds is 19. The Morgan fingerprint density at radius 3 is 1.88 bits per heavy atom. The number of hydrogen-bond donors (Lipinski definition) is 9. The van der Waals surface area contributed by atoms with E-state index in [-0.39, 0.29) is 37.9 Å². The molecule has 0 heterocycles. The highest BCUT2D eigenvalue weighted by Crippen LogP contribution is 2.44. The highest BCUT2D eigenvalue weighted by atomic mass is 16.5. The number of aliphatic carboxylic acids is 2. The Labute approximate surface area is 299 Å². The maximum Gasteiger partial charge on any atom is 0.407 e. The number of guanidine groups is 1. The topological polar surface area (TPSA) is 294 Å². The Hall–Kier alpha value is -6.20. The first-order chi connectivity index (χ1) is 24.7. The van der Waals surface area contributed by atoms with Crippen molar-refractivity contribution >= 4 is 47.6 Å². The van der Waals surface area contributed by atoms with Crippen molar-refractivity contribution in [3.63, 3.8) is 0 Å². The standard InChI is InChI=1S/C34H44N8O10/c1-18(2)29(32(49)50)42-31(48)25(14-28(45)46)41-26(43)15-38-30(47)24(12-7-13-37-33(35)36)40-27(44)16-39-34(51)52-17-23-21-10-5-3-8-19(21)20-9-4-6-11-22(20)23/h3-6,8-11,18,23-25,29H,7,12-17H2,1-2H3,(H,38,47)(H,39,51)(H,40,44)(H,41,43)(H,42,48)(H,45,46)(H,49,50)(H4,35,36,37)/t24-,25-,29-/m0/s1. The van der Waals surface area contributed by atoms with E-state index in [1.165, 1.54) is 13.8 Å². The molecule has 52 heavy (non-hydrogen) atoms. The number of ether oxygens (including phenoxy) is 1. The van der Waals surface area contributed by atoms with Gasteiger partial charge in [0, 0.05) is 12.5 Å². The first-order valence-electron chi connectivity index (χ1n) is 16.4.